The topological polar surface area (TPSA) is 99.6 Å². The monoisotopic (exact) mass is 325 g/mol. The fourth-order valence-electron chi connectivity index (χ4n) is 2.67. The van der Waals surface area contributed by atoms with Gasteiger partial charge in [-0.1, -0.05) is 6.07 Å². The number of anilines is 1. The number of pyridine rings is 1. The van der Waals surface area contributed by atoms with E-state index in [0.29, 0.717) is 31.7 Å². The van der Waals surface area contributed by atoms with E-state index in [9.17, 15) is 13.2 Å². The zero-order chi connectivity index (χ0) is 15.7. The molecule has 2 N–H and O–H groups in total. The maximum atomic E-state index is 12.2. The molecule has 120 valence electrons. The highest BCUT2D eigenvalue weighted by Gasteiger charge is 2.41. The van der Waals surface area contributed by atoms with E-state index in [1.807, 2.05) is 0 Å². The Hall–Kier alpha value is -1.67. The first-order valence-electron chi connectivity index (χ1n) is 7.42. The summed E-state index contributed by atoms with van der Waals surface area (Å²) in [6, 6.07) is 4.92. The minimum Gasteiger partial charge on any atom is -0.477 e. The van der Waals surface area contributed by atoms with Crippen LogP contribution in [0.15, 0.2) is 18.2 Å². The molecule has 0 bridgehead atoms. The maximum Gasteiger partial charge on any atom is 0.354 e. The standard InChI is InChI=1S/C14H19N3O4S/c18-14(19)12-2-1-3-13(16-12)15-10-6-8-17(9-7-10)22(20,21)11-4-5-11/h1-3,10-11H,4-9H2,(H,15,16)(H,18,19). The van der Waals surface area contributed by atoms with Crippen LogP contribution in [0.5, 0.6) is 0 Å². The quantitative estimate of drug-likeness (QED) is 0.842. The van der Waals surface area contributed by atoms with E-state index >= 15 is 0 Å². The van der Waals surface area contributed by atoms with E-state index in [2.05, 4.69) is 10.3 Å². The molecule has 22 heavy (non-hydrogen) atoms. The summed E-state index contributed by atoms with van der Waals surface area (Å²) in [6.07, 6.45) is 2.97. The second-order valence-electron chi connectivity index (χ2n) is 5.78. The molecule has 1 saturated carbocycles. The predicted octanol–water partition coefficient (Wildman–Crippen LogP) is 1.15. The Bertz CT molecular complexity index is 664. The average Bonchev–Trinajstić information content (AvgIpc) is 3.33. The molecule has 2 fully saturated rings. The largest absolute Gasteiger partial charge is 0.477 e. The van der Waals surface area contributed by atoms with Crippen LogP contribution >= 0.6 is 0 Å². The Morgan fingerprint density at radius 2 is 1.91 bits per heavy atom. The Kier molecular flexibility index (Phi) is 4.05. The van der Waals surface area contributed by atoms with Crippen molar-refractivity contribution in [3.63, 3.8) is 0 Å². The fraction of sp³-hybridized carbons (Fsp3) is 0.571. The second kappa shape index (κ2) is 5.85. The SMILES string of the molecule is O=C(O)c1cccc(NC2CCN(S(=O)(=O)C3CC3)CC2)n1. The maximum absolute atomic E-state index is 12.2. The minimum absolute atomic E-state index is 0.00116. The fourth-order valence-corrected chi connectivity index (χ4v) is 4.55. The number of piperidine rings is 1. The molecule has 1 saturated heterocycles. The van der Waals surface area contributed by atoms with E-state index in [4.69, 9.17) is 5.11 Å². The molecule has 2 aliphatic rings. The summed E-state index contributed by atoms with van der Waals surface area (Å²) in [5.74, 6) is -0.544. The number of aromatic nitrogens is 1. The third kappa shape index (κ3) is 3.22. The first kappa shape index (κ1) is 15.2. The lowest BCUT2D eigenvalue weighted by Crippen LogP contribution is -2.43. The van der Waals surface area contributed by atoms with Gasteiger partial charge in [-0.15, -0.1) is 0 Å². The van der Waals surface area contributed by atoms with Crippen LogP contribution in [0, 0.1) is 0 Å². The van der Waals surface area contributed by atoms with Crippen LogP contribution < -0.4 is 5.32 Å². The lowest BCUT2D eigenvalue weighted by molar-refractivity contribution is 0.0690. The van der Waals surface area contributed by atoms with Crippen LogP contribution in [-0.4, -0.2) is 53.2 Å². The highest BCUT2D eigenvalue weighted by molar-refractivity contribution is 7.90. The molecule has 0 spiro atoms. The van der Waals surface area contributed by atoms with Crippen LogP contribution in [0.1, 0.15) is 36.2 Å². The van der Waals surface area contributed by atoms with Gasteiger partial charge in [-0.3, -0.25) is 0 Å². The Morgan fingerprint density at radius 3 is 2.50 bits per heavy atom. The molecule has 3 rings (SSSR count). The molecule has 8 heteroatoms. The van der Waals surface area contributed by atoms with E-state index in [1.54, 1.807) is 16.4 Å². The number of carboxylic acid groups (broad SMARTS) is 1. The van der Waals surface area contributed by atoms with Gasteiger partial charge in [-0.05, 0) is 37.8 Å². The summed E-state index contributed by atoms with van der Waals surface area (Å²) >= 11 is 0. The molecule has 0 aromatic carbocycles. The van der Waals surface area contributed by atoms with Crippen molar-refractivity contribution < 1.29 is 18.3 Å². The van der Waals surface area contributed by atoms with Crippen LogP contribution in [0.3, 0.4) is 0 Å². The summed E-state index contributed by atoms with van der Waals surface area (Å²) in [5.41, 5.74) is -0.00116. The average molecular weight is 325 g/mol. The van der Waals surface area contributed by atoms with Crippen molar-refractivity contribution in [2.75, 3.05) is 18.4 Å². The van der Waals surface area contributed by atoms with Crippen molar-refractivity contribution >= 4 is 21.8 Å². The zero-order valence-electron chi connectivity index (χ0n) is 12.1. The van der Waals surface area contributed by atoms with E-state index in [1.165, 1.54) is 6.07 Å². The third-order valence-electron chi connectivity index (χ3n) is 4.08. The van der Waals surface area contributed by atoms with Gasteiger partial charge in [0.15, 0.2) is 5.69 Å². The zero-order valence-corrected chi connectivity index (χ0v) is 12.9. The highest BCUT2D eigenvalue weighted by atomic mass is 32.2. The normalized spacial score (nSPS) is 20.7. The highest BCUT2D eigenvalue weighted by Crippen LogP contribution is 2.32. The lowest BCUT2D eigenvalue weighted by Gasteiger charge is -2.32. The molecule has 1 aromatic heterocycles. The summed E-state index contributed by atoms with van der Waals surface area (Å²) in [6.45, 7) is 1.02. The second-order valence-corrected chi connectivity index (χ2v) is 7.99. The molecular weight excluding hydrogens is 306 g/mol. The number of hydrogen-bond acceptors (Lipinski definition) is 5. The van der Waals surface area contributed by atoms with Gasteiger partial charge in [-0.2, -0.15) is 0 Å². The molecule has 0 atom stereocenters. The van der Waals surface area contributed by atoms with Gasteiger partial charge in [0.05, 0.1) is 5.25 Å². The smallest absolute Gasteiger partial charge is 0.354 e. The predicted molar refractivity (Wildman–Crippen MR) is 81.4 cm³/mol. The number of nitrogens with zero attached hydrogens (tertiary/aromatic N) is 2. The Labute approximate surface area is 129 Å². The number of hydrogen-bond donors (Lipinski definition) is 2. The number of sulfonamides is 1. The van der Waals surface area contributed by atoms with E-state index < -0.39 is 16.0 Å². The summed E-state index contributed by atoms with van der Waals surface area (Å²) in [4.78, 5) is 14.9. The van der Waals surface area contributed by atoms with Crippen molar-refractivity contribution in [2.24, 2.45) is 0 Å². The number of rotatable bonds is 5. The molecule has 0 radical (unpaired) electrons. The van der Waals surface area contributed by atoms with Crippen LogP contribution in [0.2, 0.25) is 0 Å². The van der Waals surface area contributed by atoms with Gasteiger partial charge >= 0.3 is 5.97 Å². The molecule has 1 aliphatic carbocycles. The number of nitrogens with one attached hydrogen (secondary N) is 1. The van der Waals surface area contributed by atoms with Gasteiger partial charge in [0.25, 0.3) is 0 Å². The van der Waals surface area contributed by atoms with Crippen LogP contribution in [-0.2, 0) is 10.0 Å². The molecule has 1 aromatic rings. The molecular formula is C14H19N3O4S. The number of carboxylic acids is 1. The van der Waals surface area contributed by atoms with Crippen molar-refractivity contribution in [3.05, 3.63) is 23.9 Å². The van der Waals surface area contributed by atoms with Crippen LogP contribution in [0.25, 0.3) is 0 Å². The van der Waals surface area contributed by atoms with Gasteiger partial charge < -0.3 is 10.4 Å². The third-order valence-corrected chi connectivity index (χ3v) is 6.48. The van der Waals surface area contributed by atoms with Crippen molar-refractivity contribution in [3.8, 4) is 0 Å². The molecule has 0 unspecified atom stereocenters. The van der Waals surface area contributed by atoms with Gasteiger partial charge in [0, 0.05) is 19.1 Å². The summed E-state index contributed by atoms with van der Waals surface area (Å²) in [7, 11) is -3.09. The number of aromatic carboxylic acids is 1. The first-order chi connectivity index (χ1) is 10.5. The lowest BCUT2D eigenvalue weighted by atomic mass is 10.1. The molecule has 7 nitrogen and oxygen atoms in total. The summed E-state index contributed by atoms with van der Waals surface area (Å²) in [5, 5.41) is 12.0. The number of carbonyl (C=O) groups is 1. The molecule has 0 amide bonds. The molecule has 1 aliphatic heterocycles. The Morgan fingerprint density at radius 1 is 1.23 bits per heavy atom. The van der Waals surface area contributed by atoms with Crippen molar-refractivity contribution in [1.29, 1.82) is 0 Å². The van der Waals surface area contributed by atoms with Crippen molar-refractivity contribution in [1.82, 2.24) is 9.29 Å². The summed E-state index contributed by atoms with van der Waals surface area (Å²) < 4.78 is 25.9. The van der Waals surface area contributed by atoms with Gasteiger partial charge in [0.2, 0.25) is 10.0 Å². The minimum atomic E-state index is -3.09. The van der Waals surface area contributed by atoms with Crippen LogP contribution in [0.4, 0.5) is 5.82 Å². The Balaban J connectivity index is 1.58. The van der Waals surface area contributed by atoms with Gasteiger partial charge in [0.1, 0.15) is 5.82 Å². The van der Waals surface area contributed by atoms with Crippen molar-refractivity contribution in [2.45, 2.75) is 37.0 Å². The first-order valence-corrected chi connectivity index (χ1v) is 8.93. The van der Waals surface area contributed by atoms with E-state index in [0.717, 1.165) is 12.8 Å². The molecule has 2 heterocycles. The van der Waals surface area contributed by atoms with Gasteiger partial charge in [-0.25, -0.2) is 22.5 Å². The van der Waals surface area contributed by atoms with E-state index in [-0.39, 0.29) is 17.0 Å².